The molecule has 0 aromatic heterocycles. The van der Waals surface area contributed by atoms with Crippen molar-refractivity contribution in [2.75, 3.05) is 0 Å². The molecule has 0 radical (unpaired) electrons. The first-order valence-corrected chi connectivity index (χ1v) is 8.03. The van der Waals surface area contributed by atoms with E-state index in [-0.39, 0.29) is 16.9 Å². The van der Waals surface area contributed by atoms with E-state index >= 15 is 0 Å². The summed E-state index contributed by atoms with van der Waals surface area (Å²) in [4.78, 5) is 10.8. The van der Waals surface area contributed by atoms with E-state index < -0.39 is 22.0 Å². The molecule has 1 rings (SSSR count). The molecule has 1 unspecified atom stereocenters. The van der Waals surface area contributed by atoms with Crippen LogP contribution >= 0.6 is 0 Å². The number of carboxylic acids is 1. The predicted octanol–water partition coefficient (Wildman–Crippen LogP) is 1.79. The van der Waals surface area contributed by atoms with Crippen LogP contribution in [0.25, 0.3) is 0 Å². The Kier molecular flexibility index (Phi) is 5.88. The van der Waals surface area contributed by atoms with E-state index in [0.29, 0.717) is 18.4 Å². The number of aryl methyl sites for hydroxylation is 1. The first-order chi connectivity index (χ1) is 9.80. The average molecular weight is 310 g/mol. The van der Waals surface area contributed by atoms with Gasteiger partial charge in [0.25, 0.3) is 0 Å². The first-order valence-electron chi connectivity index (χ1n) is 6.55. The van der Waals surface area contributed by atoms with E-state index in [2.05, 4.69) is 4.72 Å². The summed E-state index contributed by atoms with van der Waals surface area (Å²) >= 11 is 0. The molecule has 1 aromatic rings. The fourth-order valence-electron chi connectivity index (χ4n) is 2.00. The van der Waals surface area contributed by atoms with Crippen LogP contribution < -0.4 is 4.72 Å². The highest BCUT2D eigenvalue weighted by Gasteiger charge is 2.23. The Hall–Kier alpha value is -1.91. The summed E-state index contributed by atoms with van der Waals surface area (Å²) < 4.78 is 27.2. The Bertz CT molecular complexity index is 662. The van der Waals surface area contributed by atoms with Gasteiger partial charge in [-0.25, -0.2) is 13.1 Å². The number of aliphatic carboxylic acids is 1. The van der Waals surface area contributed by atoms with Gasteiger partial charge in [0.1, 0.15) is 0 Å². The number of rotatable bonds is 7. The number of hydrogen-bond donors (Lipinski definition) is 2. The van der Waals surface area contributed by atoms with Crippen LogP contribution in [0.4, 0.5) is 0 Å². The molecule has 0 amide bonds. The molecule has 114 valence electrons. The second kappa shape index (κ2) is 7.20. The molecule has 0 saturated heterocycles. The molecule has 0 saturated carbocycles. The molecule has 0 fully saturated rings. The van der Waals surface area contributed by atoms with Gasteiger partial charge >= 0.3 is 5.97 Å². The van der Waals surface area contributed by atoms with Gasteiger partial charge in [0, 0.05) is 6.04 Å². The van der Waals surface area contributed by atoms with Crippen molar-refractivity contribution in [3.05, 3.63) is 29.3 Å². The molecule has 7 heteroatoms. The Morgan fingerprint density at radius 2 is 2.14 bits per heavy atom. The van der Waals surface area contributed by atoms with E-state index in [1.54, 1.807) is 13.0 Å². The zero-order valence-electron chi connectivity index (χ0n) is 12.0. The van der Waals surface area contributed by atoms with E-state index in [0.717, 1.165) is 0 Å². The van der Waals surface area contributed by atoms with Crippen LogP contribution in [0.2, 0.25) is 0 Å². The Labute approximate surface area is 124 Å². The molecule has 0 bridgehead atoms. The third kappa shape index (κ3) is 4.85. The van der Waals surface area contributed by atoms with Crippen LogP contribution in [-0.2, 0) is 14.8 Å². The van der Waals surface area contributed by atoms with Gasteiger partial charge in [-0.15, -0.1) is 0 Å². The fourth-order valence-corrected chi connectivity index (χ4v) is 3.54. The van der Waals surface area contributed by atoms with Gasteiger partial charge in [-0.05, 0) is 31.0 Å². The van der Waals surface area contributed by atoms with Crippen molar-refractivity contribution in [1.82, 2.24) is 4.72 Å². The van der Waals surface area contributed by atoms with Gasteiger partial charge in [0.05, 0.1) is 22.9 Å². The van der Waals surface area contributed by atoms with Crippen LogP contribution in [0, 0.1) is 18.3 Å². The lowest BCUT2D eigenvalue weighted by atomic mass is 10.1. The minimum Gasteiger partial charge on any atom is -0.481 e. The molecule has 0 aliphatic heterocycles. The molecule has 1 atom stereocenters. The van der Waals surface area contributed by atoms with Crippen molar-refractivity contribution >= 4 is 16.0 Å². The molecule has 6 nitrogen and oxygen atoms in total. The van der Waals surface area contributed by atoms with Crippen molar-refractivity contribution in [2.24, 2.45) is 0 Å². The summed E-state index contributed by atoms with van der Waals surface area (Å²) in [5.74, 6) is -1.06. The third-order valence-electron chi connectivity index (χ3n) is 2.99. The highest BCUT2D eigenvalue weighted by molar-refractivity contribution is 7.89. The second-order valence-electron chi connectivity index (χ2n) is 4.80. The van der Waals surface area contributed by atoms with Gasteiger partial charge in [-0.3, -0.25) is 4.79 Å². The van der Waals surface area contributed by atoms with Crippen molar-refractivity contribution in [3.63, 3.8) is 0 Å². The predicted molar refractivity (Wildman–Crippen MR) is 77.2 cm³/mol. The van der Waals surface area contributed by atoms with Crippen molar-refractivity contribution in [1.29, 1.82) is 5.26 Å². The molecule has 0 aliphatic carbocycles. The summed E-state index contributed by atoms with van der Waals surface area (Å²) in [6.07, 6.45) is 0.824. The summed E-state index contributed by atoms with van der Waals surface area (Å²) in [5.41, 5.74) is 0.748. The molecular formula is C14H18N2O4S. The summed E-state index contributed by atoms with van der Waals surface area (Å²) in [5, 5.41) is 17.7. The number of sulfonamides is 1. The first kappa shape index (κ1) is 17.1. The van der Waals surface area contributed by atoms with Crippen LogP contribution in [0.3, 0.4) is 0 Å². The number of carbonyl (C=O) groups is 1. The van der Waals surface area contributed by atoms with Gasteiger partial charge in [0.15, 0.2) is 0 Å². The van der Waals surface area contributed by atoms with E-state index in [9.17, 15) is 13.2 Å². The minimum atomic E-state index is -3.86. The van der Waals surface area contributed by atoms with Crippen molar-refractivity contribution < 1.29 is 18.3 Å². The maximum atomic E-state index is 12.4. The molecular weight excluding hydrogens is 292 g/mol. The van der Waals surface area contributed by atoms with E-state index in [4.69, 9.17) is 10.4 Å². The normalized spacial score (nSPS) is 12.6. The fraction of sp³-hybridized carbons (Fsp3) is 0.429. The lowest BCUT2D eigenvalue weighted by Gasteiger charge is -2.17. The van der Waals surface area contributed by atoms with Crippen molar-refractivity contribution in [2.45, 2.75) is 44.0 Å². The van der Waals surface area contributed by atoms with Crippen molar-refractivity contribution in [3.8, 4) is 6.07 Å². The summed E-state index contributed by atoms with van der Waals surface area (Å²) in [6.45, 7) is 3.48. The Morgan fingerprint density at radius 1 is 1.48 bits per heavy atom. The van der Waals surface area contributed by atoms with Gasteiger partial charge in [-0.2, -0.15) is 5.26 Å². The van der Waals surface area contributed by atoms with Gasteiger partial charge < -0.3 is 5.11 Å². The molecule has 0 aliphatic rings. The highest BCUT2D eigenvalue weighted by atomic mass is 32.2. The topological polar surface area (TPSA) is 107 Å². The zero-order chi connectivity index (χ0) is 16.0. The maximum absolute atomic E-state index is 12.4. The molecule has 0 heterocycles. The highest BCUT2D eigenvalue weighted by Crippen LogP contribution is 2.18. The smallest absolute Gasteiger partial charge is 0.304 e. The van der Waals surface area contributed by atoms with Crippen LogP contribution in [0.1, 0.15) is 37.3 Å². The van der Waals surface area contributed by atoms with E-state index in [1.165, 1.54) is 12.1 Å². The standard InChI is InChI=1S/C14H18N2O4S/c1-3-4-12(8-14(17)18)16-21(19,20)13-7-11(9-15)6-5-10(13)2/h5-7,12,16H,3-4,8H2,1-2H3,(H,17,18). The Balaban J connectivity index is 3.10. The molecule has 21 heavy (non-hydrogen) atoms. The minimum absolute atomic E-state index is 0.00745. The molecule has 0 spiro atoms. The lowest BCUT2D eigenvalue weighted by Crippen LogP contribution is -2.36. The Morgan fingerprint density at radius 3 is 2.67 bits per heavy atom. The van der Waals surface area contributed by atoms with Crippen LogP contribution in [0.5, 0.6) is 0 Å². The molecule has 2 N–H and O–H groups in total. The number of benzene rings is 1. The SMILES string of the molecule is CCCC(CC(=O)O)NS(=O)(=O)c1cc(C#N)ccc1C. The lowest BCUT2D eigenvalue weighted by molar-refractivity contribution is -0.137. The number of nitrogens with one attached hydrogen (secondary N) is 1. The number of hydrogen-bond acceptors (Lipinski definition) is 4. The number of nitrogens with zero attached hydrogens (tertiary/aromatic N) is 1. The quantitative estimate of drug-likeness (QED) is 0.798. The third-order valence-corrected chi connectivity index (χ3v) is 4.65. The van der Waals surface area contributed by atoms with Gasteiger partial charge in [-0.1, -0.05) is 19.4 Å². The van der Waals surface area contributed by atoms with E-state index in [1.807, 2.05) is 13.0 Å². The number of nitriles is 1. The summed E-state index contributed by atoms with van der Waals surface area (Å²) in [6, 6.07) is 5.61. The summed E-state index contributed by atoms with van der Waals surface area (Å²) in [7, 11) is -3.86. The largest absolute Gasteiger partial charge is 0.481 e. The maximum Gasteiger partial charge on any atom is 0.304 e. The zero-order valence-corrected chi connectivity index (χ0v) is 12.8. The van der Waals surface area contributed by atoms with Gasteiger partial charge in [0.2, 0.25) is 10.0 Å². The van der Waals surface area contributed by atoms with Crippen LogP contribution in [-0.4, -0.2) is 25.5 Å². The monoisotopic (exact) mass is 310 g/mol. The number of carboxylic acid groups (broad SMARTS) is 1. The average Bonchev–Trinajstić information content (AvgIpc) is 2.38. The van der Waals surface area contributed by atoms with Crippen LogP contribution in [0.15, 0.2) is 23.1 Å². The molecule has 1 aromatic carbocycles. The second-order valence-corrected chi connectivity index (χ2v) is 6.48.